The first-order valence-corrected chi connectivity index (χ1v) is 7.32. The van der Waals surface area contributed by atoms with Gasteiger partial charge in [-0.1, -0.05) is 11.2 Å². The van der Waals surface area contributed by atoms with Crippen LogP contribution < -0.4 is 5.32 Å². The van der Waals surface area contributed by atoms with Gasteiger partial charge in [-0.25, -0.2) is 0 Å². The van der Waals surface area contributed by atoms with Crippen LogP contribution in [0.3, 0.4) is 0 Å². The monoisotopic (exact) mass is 280 g/mol. The lowest BCUT2D eigenvalue weighted by molar-refractivity contribution is 0.157. The molecule has 0 amide bonds. The van der Waals surface area contributed by atoms with Crippen molar-refractivity contribution in [2.45, 2.75) is 45.9 Å². The maximum Gasteiger partial charge on any atom is 0.138 e. The van der Waals surface area contributed by atoms with Gasteiger partial charge in [-0.2, -0.15) is 0 Å². The van der Waals surface area contributed by atoms with E-state index in [-0.39, 0.29) is 6.04 Å². The predicted octanol–water partition coefficient (Wildman–Crippen LogP) is 2.95. The van der Waals surface area contributed by atoms with E-state index >= 15 is 0 Å². The lowest BCUT2D eigenvalue weighted by Crippen LogP contribution is -2.27. The molecule has 2 N–H and O–H groups in total. The van der Waals surface area contributed by atoms with Gasteiger partial charge in [0.1, 0.15) is 5.76 Å². The van der Waals surface area contributed by atoms with Gasteiger partial charge in [-0.3, -0.25) is 0 Å². The molecular formula is C14H20N2O2S. The number of aliphatic hydroxyl groups is 1. The summed E-state index contributed by atoms with van der Waals surface area (Å²) < 4.78 is 5.13. The molecule has 2 rings (SSSR count). The molecule has 5 heteroatoms. The molecule has 2 aromatic rings. The maximum atomic E-state index is 10.1. The molecule has 0 saturated heterocycles. The minimum absolute atomic E-state index is 0.228. The van der Waals surface area contributed by atoms with Crippen LogP contribution in [0.15, 0.2) is 22.0 Å². The molecule has 0 radical (unpaired) electrons. The number of nitrogens with one attached hydrogen (secondary N) is 1. The third kappa shape index (κ3) is 3.65. The lowest BCUT2D eigenvalue weighted by atomic mass is 10.1. The number of aliphatic hydroxyl groups excluding tert-OH is 1. The van der Waals surface area contributed by atoms with E-state index in [9.17, 15) is 5.11 Å². The summed E-state index contributed by atoms with van der Waals surface area (Å²) in [6.45, 7) is 6.66. The van der Waals surface area contributed by atoms with Crippen molar-refractivity contribution in [2.75, 3.05) is 0 Å². The summed E-state index contributed by atoms with van der Waals surface area (Å²) in [5, 5.41) is 19.4. The van der Waals surface area contributed by atoms with E-state index in [2.05, 4.69) is 17.4 Å². The van der Waals surface area contributed by atoms with E-state index < -0.39 is 6.10 Å². The lowest BCUT2D eigenvalue weighted by Gasteiger charge is -2.17. The number of aryl methyl sites for hydroxylation is 2. The Kier molecular flexibility index (Phi) is 4.74. The van der Waals surface area contributed by atoms with Gasteiger partial charge in [0.15, 0.2) is 0 Å². The summed E-state index contributed by atoms with van der Waals surface area (Å²) in [4.78, 5) is 1.02. The fraction of sp³-hybridized carbons (Fsp3) is 0.500. The molecule has 2 heterocycles. The Morgan fingerprint density at radius 3 is 2.84 bits per heavy atom. The molecule has 0 aromatic carbocycles. The summed E-state index contributed by atoms with van der Waals surface area (Å²) in [6, 6.07) is 4.16. The number of rotatable bonds is 6. The van der Waals surface area contributed by atoms with Crippen LogP contribution in [0.4, 0.5) is 0 Å². The zero-order chi connectivity index (χ0) is 13.8. The largest absolute Gasteiger partial charge is 0.388 e. The average Bonchev–Trinajstić information content (AvgIpc) is 2.98. The second-order valence-corrected chi connectivity index (χ2v) is 5.83. The average molecular weight is 280 g/mol. The van der Waals surface area contributed by atoms with Crippen molar-refractivity contribution in [2.24, 2.45) is 0 Å². The second-order valence-electron chi connectivity index (χ2n) is 4.85. The molecule has 0 aliphatic rings. The number of thiophene rings is 1. The maximum absolute atomic E-state index is 10.1. The first-order chi connectivity index (χ1) is 9.08. The summed E-state index contributed by atoms with van der Waals surface area (Å²) in [5.41, 5.74) is 2.04. The molecule has 0 aliphatic carbocycles. The van der Waals surface area contributed by atoms with E-state index in [0.717, 1.165) is 28.4 Å². The standard InChI is InChI=1S/C14H20N2O2S/c1-9(7-13(17)14-5-4-6-19-14)15-8-12-10(2)16-18-11(12)3/h4-6,9,13,15,17H,7-8H2,1-3H3/t9-,13+/m0/s1. The molecule has 4 nitrogen and oxygen atoms in total. The van der Waals surface area contributed by atoms with Crippen molar-refractivity contribution >= 4 is 11.3 Å². The van der Waals surface area contributed by atoms with Gasteiger partial charge < -0.3 is 14.9 Å². The van der Waals surface area contributed by atoms with Crippen LogP contribution in [-0.2, 0) is 6.54 Å². The van der Waals surface area contributed by atoms with Crippen molar-refractivity contribution in [1.29, 1.82) is 0 Å². The first kappa shape index (κ1) is 14.2. The Morgan fingerprint density at radius 2 is 2.26 bits per heavy atom. The highest BCUT2D eigenvalue weighted by Crippen LogP contribution is 2.23. The van der Waals surface area contributed by atoms with Crippen molar-refractivity contribution in [1.82, 2.24) is 10.5 Å². The fourth-order valence-corrected chi connectivity index (χ4v) is 2.77. The summed E-state index contributed by atoms with van der Waals surface area (Å²) in [6.07, 6.45) is 0.302. The van der Waals surface area contributed by atoms with Crippen LogP contribution in [0.1, 0.15) is 41.3 Å². The summed E-state index contributed by atoms with van der Waals surface area (Å²) in [7, 11) is 0. The minimum Gasteiger partial charge on any atom is -0.388 e. The van der Waals surface area contributed by atoms with E-state index in [1.807, 2.05) is 31.4 Å². The Hall–Kier alpha value is -1.17. The van der Waals surface area contributed by atoms with Gasteiger partial charge in [-0.15, -0.1) is 11.3 Å². The number of hydrogen-bond donors (Lipinski definition) is 2. The molecule has 2 atom stereocenters. The van der Waals surface area contributed by atoms with Crippen molar-refractivity contribution in [3.63, 3.8) is 0 Å². The number of aromatic nitrogens is 1. The molecule has 0 spiro atoms. The molecule has 0 fully saturated rings. The normalized spacial score (nSPS) is 14.5. The minimum atomic E-state index is -0.396. The number of hydrogen-bond acceptors (Lipinski definition) is 5. The Balaban J connectivity index is 1.83. The van der Waals surface area contributed by atoms with Gasteiger partial charge in [0.25, 0.3) is 0 Å². The molecule has 0 unspecified atom stereocenters. The van der Waals surface area contributed by atoms with Gasteiger partial charge in [0.05, 0.1) is 11.8 Å². The van der Waals surface area contributed by atoms with Crippen molar-refractivity contribution in [3.8, 4) is 0 Å². The highest BCUT2D eigenvalue weighted by atomic mass is 32.1. The highest BCUT2D eigenvalue weighted by Gasteiger charge is 2.14. The highest BCUT2D eigenvalue weighted by molar-refractivity contribution is 7.10. The molecule has 2 aromatic heterocycles. The van der Waals surface area contributed by atoms with Crippen molar-refractivity contribution in [3.05, 3.63) is 39.4 Å². The molecule has 104 valence electrons. The van der Waals surface area contributed by atoms with Gasteiger partial charge in [0.2, 0.25) is 0 Å². The molecule has 0 bridgehead atoms. The molecule has 0 aliphatic heterocycles. The van der Waals surface area contributed by atoms with Crippen LogP contribution in [0.25, 0.3) is 0 Å². The van der Waals surface area contributed by atoms with E-state index in [0.29, 0.717) is 6.42 Å². The smallest absolute Gasteiger partial charge is 0.138 e. The third-order valence-corrected chi connectivity index (χ3v) is 4.23. The van der Waals surface area contributed by atoms with Crippen LogP contribution in [0, 0.1) is 13.8 Å². The summed E-state index contributed by atoms with van der Waals surface area (Å²) in [5.74, 6) is 0.857. The van der Waals surface area contributed by atoms with Crippen molar-refractivity contribution < 1.29 is 9.63 Å². The fourth-order valence-electron chi connectivity index (χ4n) is 2.05. The van der Waals surface area contributed by atoms with Gasteiger partial charge in [-0.05, 0) is 38.6 Å². The van der Waals surface area contributed by atoms with Crippen LogP contribution in [0.2, 0.25) is 0 Å². The Labute approximate surface area is 117 Å². The Morgan fingerprint density at radius 1 is 1.47 bits per heavy atom. The number of nitrogens with zero attached hydrogens (tertiary/aromatic N) is 1. The Bertz CT molecular complexity index is 488. The van der Waals surface area contributed by atoms with Gasteiger partial charge >= 0.3 is 0 Å². The van der Waals surface area contributed by atoms with Gasteiger partial charge in [0, 0.05) is 23.0 Å². The third-order valence-electron chi connectivity index (χ3n) is 3.26. The SMILES string of the molecule is Cc1noc(C)c1CN[C@@H](C)C[C@@H](O)c1cccs1. The molecule has 0 saturated carbocycles. The van der Waals surface area contributed by atoms with E-state index in [4.69, 9.17) is 4.52 Å². The topological polar surface area (TPSA) is 58.3 Å². The van der Waals surface area contributed by atoms with E-state index in [1.54, 1.807) is 11.3 Å². The quantitative estimate of drug-likeness (QED) is 0.854. The summed E-state index contributed by atoms with van der Waals surface area (Å²) >= 11 is 1.59. The van der Waals surface area contributed by atoms with Crippen LogP contribution in [-0.4, -0.2) is 16.3 Å². The predicted molar refractivity (Wildman–Crippen MR) is 76.2 cm³/mol. The van der Waals surface area contributed by atoms with E-state index in [1.165, 1.54) is 0 Å². The van der Waals surface area contributed by atoms with Crippen LogP contribution >= 0.6 is 11.3 Å². The zero-order valence-electron chi connectivity index (χ0n) is 11.5. The van der Waals surface area contributed by atoms with Crippen LogP contribution in [0.5, 0.6) is 0 Å². The molecular weight excluding hydrogens is 260 g/mol. The second kappa shape index (κ2) is 6.32. The zero-order valence-corrected chi connectivity index (χ0v) is 12.3. The first-order valence-electron chi connectivity index (χ1n) is 6.44. The molecule has 19 heavy (non-hydrogen) atoms.